The van der Waals surface area contributed by atoms with E-state index in [9.17, 15) is 14.7 Å². The molecule has 7 nitrogen and oxygen atoms in total. The van der Waals surface area contributed by atoms with Crippen LogP contribution in [0.1, 0.15) is 39.7 Å². The van der Waals surface area contributed by atoms with Crippen LogP contribution >= 0.6 is 0 Å². The van der Waals surface area contributed by atoms with Crippen LogP contribution < -0.4 is 4.74 Å². The van der Waals surface area contributed by atoms with E-state index < -0.39 is 29.3 Å². The molecule has 1 aromatic rings. The van der Waals surface area contributed by atoms with Crippen molar-refractivity contribution in [2.75, 3.05) is 6.54 Å². The quantitative estimate of drug-likeness (QED) is 0.900. The SMILES string of the molecule is C=Cc1cccnc1O[C@H]1CN(C(=O)OC(C)(C)C)[C@](C)(C(=O)O)C1. The molecule has 1 saturated heterocycles. The maximum Gasteiger partial charge on any atom is 0.411 e. The van der Waals surface area contributed by atoms with Crippen molar-refractivity contribution < 1.29 is 24.2 Å². The predicted molar refractivity (Wildman–Crippen MR) is 92.3 cm³/mol. The van der Waals surface area contributed by atoms with Crippen molar-refractivity contribution >= 4 is 18.1 Å². The summed E-state index contributed by atoms with van der Waals surface area (Å²) >= 11 is 0. The van der Waals surface area contributed by atoms with Crippen LogP contribution in [0.15, 0.2) is 24.9 Å². The molecule has 0 aliphatic carbocycles. The summed E-state index contributed by atoms with van der Waals surface area (Å²) < 4.78 is 11.2. The second kappa shape index (κ2) is 6.74. The van der Waals surface area contributed by atoms with E-state index >= 15 is 0 Å². The molecule has 0 bridgehead atoms. The number of nitrogens with zero attached hydrogens (tertiary/aromatic N) is 2. The summed E-state index contributed by atoms with van der Waals surface area (Å²) in [4.78, 5) is 29.6. The fourth-order valence-electron chi connectivity index (χ4n) is 2.71. The Morgan fingerprint density at radius 2 is 2.16 bits per heavy atom. The van der Waals surface area contributed by atoms with Crippen LogP contribution in [0.5, 0.6) is 5.88 Å². The van der Waals surface area contributed by atoms with Gasteiger partial charge in [-0.25, -0.2) is 14.6 Å². The lowest BCUT2D eigenvalue weighted by Crippen LogP contribution is -2.52. The second-order valence-electron chi connectivity index (χ2n) is 7.22. The van der Waals surface area contributed by atoms with E-state index in [1.54, 1.807) is 45.2 Å². The molecule has 25 heavy (non-hydrogen) atoms. The zero-order valence-electron chi connectivity index (χ0n) is 15.0. The summed E-state index contributed by atoms with van der Waals surface area (Å²) in [5, 5.41) is 9.64. The maximum absolute atomic E-state index is 12.5. The molecule has 0 aromatic carbocycles. The first-order valence-electron chi connectivity index (χ1n) is 8.05. The number of hydrogen-bond donors (Lipinski definition) is 1. The van der Waals surface area contributed by atoms with Gasteiger partial charge in [0.2, 0.25) is 5.88 Å². The molecule has 7 heteroatoms. The van der Waals surface area contributed by atoms with Crippen LogP contribution in [0.4, 0.5) is 4.79 Å². The molecular formula is C18H24N2O5. The number of hydrogen-bond acceptors (Lipinski definition) is 5. The highest BCUT2D eigenvalue weighted by Gasteiger charge is 2.52. The number of ether oxygens (including phenoxy) is 2. The monoisotopic (exact) mass is 348 g/mol. The number of carboxylic acid groups (broad SMARTS) is 1. The Bertz CT molecular complexity index is 682. The first-order valence-corrected chi connectivity index (χ1v) is 8.05. The van der Waals surface area contributed by atoms with Gasteiger partial charge < -0.3 is 14.6 Å². The van der Waals surface area contributed by atoms with Crippen molar-refractivity contribution in [1.82, 2.24) is 9.88 Å². The van der Waals surface area contributed by atoms with Gasteiger partial charge in [-0.1, -0.05) is 12.7 Å². The summed E-state index contributed by atoms with van der Waals surface area (Å²) in [6, 6.07) is 3.55. The minimum Gasteiger partial charge on any atom is -0.480 e. The Morgan fingerprint density at radius 1 is 1.48 bits per heavy atom. The number of pyridine rings is 1. The van der Waals surface area contributed by atoms with E-state index in [4.69, 9.17) is 9.47 Å². The Balaban J connectivity index is 2.23. The number of aromatic nitrogens is 1. The van der Waals surface area contributed by atoms with Crippen molar-refractivity contribution in [3.05, 3.63) is 30.5 Å². The summed E-state index contributed by atoms with van der Waals surface area (Å²) in [5.41, 5.74) is -1.42. The van der Waals surface area contributed by atoms with Crippen molar-refractivity contribution in [1.29, 1.82) is 0 Å². The zero-order chi connectivity index (χ0) is 18.8. The number of rotatable bonds is 4. The minimum absolute atomic E-state index is 0.102. The molecule has 136 valence electrons. The predicted octanol–water partition coefficient (Wildman–Crippen LogP) is 2.96. The van der Waals surface area contributed by atoms with E-state index in [1.807, 2.05) is 0 Å². The molecule has 1 fully saturated rings. The van der Waals surface area contributed by atoms with Gasteiger partial charge in [-0.2, -0.15) is 0 Å². The van der Waals surface area contributed by atoms with Crippen LogP contribution in [0.25, 0.3) is 6.08 Å². The van der Waals surface area contributed by atoms with E-state index in [0.717, 1.165) is 0 Å². The van der Waals surface area contributed by atoms with Crippen molar-refractivity contribution in [2.24, 2.45) is 0 Å². The average Bonchev–Trinajstić information content (AvgIpc) is 2.84. The van der Waals surface area contributed by atoms with Gasteiger partial charge in [0.25, 0.3) is 0 Å². The van der Waals surface area contributed by atoms with E-state index in [1.165, 1.54) is 11.8 Å². The highest BCUT2D eigenvalue weighted by Crippen LogP contribution is 2.33. The number of aliphatic carboxylic acids is 1. The number of carbonyl (C=O) groups is 2. The highest BCUT2D eigenvalue weighted by molar-refractivity contribution is 5.85. The normalized spacial score (nSPS) is 23.2. The Hall–Kier alpha value is -2.57. The van der Waals surface area contributed by atoms with E-state index in [-0.39, 0.29) is 13.0 Å². The standard InChI is InChI=1S/C18H24N2O5/c1-6-12-8-7-9-19-14(12)24-13-10-18(5,15(21)22)20(11-13)16(23)25-17(2,3)4/h6-9,13H,1,10-11H2,2-5H3,(H,21,22)/t13-,18+/m1/s1. The Kier molecular flexibility index (Phi) is 5.06. The third-order valence-electron chi connectivity index (χ3n) is 3.98. The van der Waals surface area contributed by atoms with Crippen LogP contribution in [-0.4, -0.2) is 50.8 Å². The number of amides is 1. The molecule has 2 rings (SSSR count). The topological polar surface area (TPSA) is 89.0 Å². The van der Waals surface area contributed by atoms with Crippen LogP contribution in [0.3, 0.4) is 0 Å². The molecule has 1 aliphatic heterocycles. The number of carboxylic acids is 1. The first-order chi connectivity index (χ1) is 11.6. The summed E-state index contributed by atoms with van der Waals surface area (Å²) in [5.74, 6) is -0.740. The molecule has 0 saturated carbocycles. The summed E-state index contributed by atoms with van der Waals surface area (Å²) in [6.07, 6.45) is 2.14. The lowest BCUT2D eigenvalue weighted by atomic mass is 9.98. The Morgan fingerprint density at radius 3 is 2.72 bits per heavy atom. The molecule has 1 aromatic heterocycles. The van der Waals surface area contributed by atoms with Gasteiger partial charge >= 0.3 is 12.1 Å². The van der Waals surface area contributed by atoms with E-state index in [2.05, 4.69) is 11.6 Å². The molecule has 0 unspecified atom stereocenters. The van der Waals surface area contributed by atoms with Crippen molar-refractivity contribution in [3.63, 3.8) is 0 Å². The van der Waals surface area contributed by atoms with Crippen LogP contribution in [0.2, 0.25) is 0 Å². The van der Waals surface area contributed by atoms with E-state index in [0.29, 0.717) is 11.4 Å². The Labute approximate surface area is 147 Å². The van der Waals surface area contributed by atoms with Gasteiger partial charge in [-0.3, -0.25) is 4.90 Å². The molecule has 1 amide bonds. The maximum atomic E-state index is 12.5. The van der Waals surface area contributed by atoms with Gasteiger partial charge in [0.05, 0.1) is 6.54 Å². The van der Waals surface area contributed by atoms with Gasteiger partial charge in [0, 0.05) is 18.2 Å². The third-order valence-corrected chi connectivity index (χ3v) is 3.98. The second-order valence-corrected chi connectivity index (χ2v) is 7.22. The number of carbonyl (C=O) groups excluding carboxylic acids is 1. The molecule has 1 aliphatic rings. The van der Waals surface area contributed by atoms with Gasteiger partial charge in [0.15, 0.2) is 0 Å². The third kappa shape index (κ3) is 4.10. The minimum atomic E-state index is -1.41. The van der Waals surface area contributed by atoms with Crippen LogP contribution in [-0.2, 0) is 9.53 Å². The zero-order valence-corrected chi connectivity index (χ0v) is 15.0. The lowest BCUT2D eigenvalue weighted by Gasteiger charge is -2.32. The molecule has 0 radical (unpaired) electrons. The fourth-order valence-corrected chi connectivity index (χ4v) is 2.71. The van der Waals surface area contributed by atoms with Crippen molar-refractivity contribution in [3.8, 4) is 5.88 Å². The highest BCUT2D eigenvalue weighted by atomic mass is 16.6. The average molecular weight is 348 g/mol. The molecular weight excluding hydrogens is 324 g/mol. The smallest absolute Gasteiger partial charge is 0.411 e. The summed E-state index contributed by atoms with van der Waals surface area (Å²) in [7, 11) is 0. The van der Waals surface area contributed by atoms with Gasteiger partial charge in [0.1, 0.15) is 17.2 Å². The largest absolute Gasteiger partial charge is 0.480 e. The van der Waals surface area contributed by atoms with Gasteiger partial charge in [-0.05, 0) is 39.8 Å². The van der Waals surface area contributed by atoms with Crippen LogP contribution in [0, 0.1) is 0 Å². The molecule has 1 N–H and O–H groups in total. The lowest BCUT2D eigenvalue weighted by molar-refractivity contribution is -0.148. The fraction of sp³-hybridized carbons (Fsp3) is 0.500. The molecule has 2 heterocycles. The first kappa shape index (κ1) is 18.8. The molecule has 0 spiro atoms. The molecule has 2 atom stereocenters. The van der Waals surface area contributed by atoms with Gasteiger partial charge in [-0.15, -0.1) is 0 Å². The number of likely N-dealkylation sites (tertiary alicyclic amines) is 1. The summed E-state index contributed by atoms with van der Waals surface area (Å²) in [6.45, 7) is 10.5. The van der Waals surface area contributed by atoms with Crippen molar-refractivity contribution in [2.45, 2.75) is 51.4 Å².